The molecule has 0 fully saturated rings. The fourth-order valence-electron chi connectivity index (χ4n) is 10.8. The number of aromatic nitrogens is 1. The Bertz CT molecular complexity index is 6260. The maximum atomic E-state index is 15.0. The van der Waals surface area contributed by atoms with Crippen molar-refractivity contribution in [3.05, 3.63) is 222 Å². The van der Waals surface area contributed by atoms with E-state index < -0.39 is 85.0 Å². The van der Waals surface area contributed by atoms with Crippen molar-refractivity contribution in [2.24, 2.45) is 20.5 Å². The fourth-order valence-corrected chi connectivity index (χ4v) is 16.5. The van der Waals surface area contributed by atoms with Crippen LogP contribution in [0.3, 0.4) is 0 Å². The van der Waals surface area contributed by atoms with E-state index in [2.05, 4.69) is 47.4 Å². The monoisotopic (exact) mass is 1440 g/mol. The van der Waals surface area contributed by atoms with Crippen molar-refractivity contribution in [2.45, 2.75) is 42.7 Å². The number of nitrogens with zero attached hydrogens (tertiary/aromatic N) is 7. The number of azo groups is 2. The quantitative estimate of drug-likeness (QED) is 0.0292. The molecule has 10 aromatic carbocycles. The minimum atomic E-state index is -4.98. The lowest BCUT2D eigenvalue weighted by atomic mass is 10.00. The molecule has 12 rings (SSSR count). The number of thiophene rings is 1. The lowest BCUT2D eigenvalue weighted by molar-refractivity contribution is 0.481. The van der Waals surface area contributed by atoms with Gasteiger partial charge >= 0.3 is 0 Å². The Labute approximate surface area is 562 Å². The second-order valence-corrected chi connectivity index (χ2v) is 31.6. The van der Waals surface area contributed by atoms with Gasteiger partial charge in [-0.25, -0.2) is 21.8 Å². The van der Waals surface area contributed by atoms with E-state index in [0.717, 1.165) is 64.6 Å². The van der Waals surface area contributed by atoms with E-state index in [4.69, 9.17) is 4.98 Å². The molecule has 0 unspecified atom stereocenters. The Morgan fingerprint density at radius 2 is 1.03 bits per heavy atom. The van der Waals surface area contributed by atoms with E-state index in [1.807, 2.05) is 30.3 Å². The molecule has 0 amide bonds. The van der Waals surface area contributed by atoms with E-state index >= 15 is 0 Å². The van der Waals surface area contributed by atoms with Gasteiger partial charge in [0.05, 0.1) is 42.2 Å². The SMILES string of the molecule is Cc1c(C#N)c(Cc2ccc(S(=O)(=O)O)cc2)nc(Nc2ccc(S(=O)(=O)O)cc2)c1N=Nc1sc(N=Nc2ccc3cc(S(=O)(=O)Nc4cc(S(=O)(=O)O)c5ccccc5c4)cc(S(=O)(=O)Nc4ccc5cccc(S(=O)(=O)O)c5c4)c3c2)c(-c2ccc3ccccc3c2)c1C#N. The lowest BCUT2D eigenvalue weighted by Gasteiger charge is -2.16. The second kappa shape index (κ2) is 25.7. The summed E-state index contributed by atoms with van der Waals surface area (Å²) in [6, 6.07) is 48.9. The Morgan fingerprint density at radius 3 is 1.70 bits per heavy atom. The molecule has 0 aliphatic carbocycles. The fraction of sp³-hybridized carbons (Fsp3) is 0.0308. The largest absolute Gasteiger partial charge is 0.338 e. The van der Waals surface area contributed by atoms with Gasteiger partial charge < -0.3 is 5.32 Å². The number of benzene rings is 10. The third-order valence-corrected chi connectivity index (χ3v) is 22.6. The Morgan fingerprint density at radius 1 is 0.449 bits per heavy atom. The molecular weight excluding hydrogens is 1400 g/mol. The summed E-state index contributed by atoms with van der Waals surface area (Å²) in [5.74, 6) is -0.0456. The van der Waals surface area contributed by atoms with Gasteiger partial charge in [0, 0.05) is 45.1 Å². The maximum Gasteiger partial charge on any atom is 0.295 e. The van der Waals surface area contributed by atoms with Gasteiger partial charge in [0.1, 0.15) is 38.2 Å². The first-order chi connectivity index (χ1) is 46.3. The van der Waals surface area contributed by atoms with Crippen LogP contribution in [0.25, 0.3) is 54.2 Å². The highest BCUT2D eigenvalue weighted by Crippen LogP contribution is 2.49. The minimum absolute atomic E-state index is 0.0144. The Kier molecular flexibility index (Phi) is 17.6. The van der Waals surface area contributed by atoms with Crippen LogP contribution >= 0.6 is 11.3 Å². The van der Waals surface area contributed by atoms with Crippen molar-refractivity contribution in [1.29, 1.82) is 10.5 Å². The molecule has 98 heavy (non-hydrogen) atoms. The van der Waals surface area contributed by atoms with Crippen LogP contribution in [0.15, 0.2) is 244 Å². The third kappa shape index (κ3) is 13.9. The standard InChI is InChI=1S/C65H44N10O16S7/c1-37-55(35-66)57(27-38-13-23-49(24-14-38)95(80,81)82)69-63(68-45-21-25-50(26-22-45)96(83,84)85)62(37)71-72-64-56(36-67)61(44-16-15-39-7-2-3-8-41(39)28-44)65(92-64)73-70-46-19-18-43-30-51(93(76,77)75-48-29-42-9-4-5-11-52(42)60(33-48)98(89,90)91)34-59(54(43)31-46)94(78,79)74-47-20-17-40-10-6-12-58(53(40)32-47)97(86,87)88/h2-26,28-34,74-75H,27H2,1H3,(H,68,69)(H,80,81,82)(H,83,84,85)(H,86,87,88)(H,89,90,91). The predicted octanol–water partition coefficient (Wildman–Crippen LogP) is 14.2. The van der Waals surface area contributed by atoms with Crippen molar-refractivity contribution in [3.8, 4) is 23.3 Å². The van der Waals surface area contributed by atoms with Gasteiger partial charge in [0.25, 0.3) is 60.5 Å². The summed E-state index contributed by atoms with van der Waals surface area (Å²) in [5, 5.41) is 45.0. The van der Waals surface area contributed by atoms with E-state index in [0.29, 0.717) is 16.5 Å². The maximum absolute atomic E-state index is 15.0. The van der Waals surface area contributed by atoms with Crippen LogP contribution in [-0.4, -0.2) is 73.7 Å². The lowest BCUT2D eigenvalue weighted by Crippen LogP contribution is -2.17. The van der Waals surface area contributed by atoms with E-state index in [9.17, 15) is 79.2 Å². The summed E-state index contributed by atoms with van der Waals surface area (Å²) in [4.78, 5) is 1.42. The molecule has 2 heterocycles. The van der Waals surface area contributed by atoms with Crippen LogP contribution in [0.4, 0.5) is 44.3 Å². The Hall–Kier alpha value is -10.8. The molecule has 7 N–H and O–H groups in total. The molecule has 2 aromatic heterocycles. The molecule has 12 aromatic rings. The van der Waals surface area contributed by atoms with Gasteiger partial charge in [-0.1, -0.05) is 108 Å². The van der Waals surface area contributed by atoms with E-state index in [-0.39, 0.29) is 110 Å². The number of hydrogen-bond acceptors (Lipinski definition) is 21. The van der Waals surface area contributed by atoms with E-state index in [1.165, 1.54) is 103 Å². The molecule has 0 aliphatic rings. The van der Waals surface area contributed by atoms with Crippen molar-refractivity contribution in [1.82, 2.24) is 4.98 Å². The Balaban J connectivity index is 0.986. The van der Waals surface area contributed by atoms with Crippen molar-refractivity contribution in [2.75, 3.05) is 14.8 Å². The molecule has 0 saturated carbocycles. The highest BCUT2D eigenvalue weighted by molar-refractivity contribution is 7.93. The van der Waals surface area contributed by atoms with Gasteiger partial charge in [-0.2, -0.15) is 44.2 Å². The van der Waals surface area contributed by atoms with E-state index in [1.54, 1.807) is 25.1 Å². The number of hydrogen-bond donors (Lipinski definition) is 7. The van der Waals surface area contributed by atoms with Crippen LogP contribution in [0, 0.1) is 29.6 Å². The number of nitriles is 2. The summed E-state index contributed by atoms with van der Waals surface area (Å²) in [6.07, 6.45) is -0.0622. The summed E-state index contributed by atoms with van der Waals surface area (Å²) < 4.78 is 201. The van der Waals surface area contributed by atoms with Gasteiger partial charge in [0.15, 0.2) is 10.8 Å². The second-order valence-electron chi connectivity index (χ2n) is 21.7. The number of anilines is 4. The average molecular weight is 1450 g/mol. The zero-order chi connectivity index (χ0) is 69.9. The summed E-state index contributed by atoms with van der Waals surface area (Å²) in [5.41, 5.74) is 1.02. The number of fused-ring (bicyclic) bond motifs is 4. The first kappa shape index (κ1) is 67.2. The molecule has 0 atom stereocenters. The number of rotatable bonds is 19. The smallest absolute Gasteiger partial charge is 0.295 e. The molecule has 0 spiro atoms. The molecule has 0 aliphatic heterocycles. The summed E-state index contributed by atoms with van der Waals surface area (Å²) in [7, 11) is -28.8. The zero-order valence-corrected chi connectivity index (χ0v) is 55.6. The molecule has 0 saturated heterocycles. The molecule has 0 radical (unpaired) electrons. The van der Waals surface area contributed by atoms with Crippen LogP contribution in [0.2, 0.25) is 0 Å². The third-order valence-electron chi connectivity index (χ3n) is 15.3. The van der Waals surface area contributed by atoms with Crippen LogP contribution in [0.5, 0.6) is 0 Å². The van der Waals surface area contributed by atoms with Crippen LogP contribution in [-0.2, 0) is 66.9 Å². The van der Waals surface area contributed by atoms with Crippen molar-refractivity contribution >= 4 is 159 Å². The minimum Gasteiger partial charge on any atom is -0.338 e. The van der Waals surface area contributed by atoms with Gasteiger partial charge in [-0.15, -0.1) is 20.5 Å². The average Bonchev–Trinajstić information content (AvgIpc) is 0.813. The normalized spacial score (nSPS) is 12.6. The summed E-state index contributed by atoms with van der Waals surface area (Å²) >= 11 is 0.840. The number of pyridine rings is 1. The zero-order valence-electron chi connectivity index (χ0n) is 49.9. The molecule has 492 valence electrons. The highest BCUT2D eigenvalue weighted by Gasteiger charge is 2.28. The summed E-state index contributed by atoms with van der Waals surface area (Å²) in [6.45, 7) is 1.54. The van der Waals surface area contributed by atoms with Crippen molar-refractivity contribution in [3.63, 3.8) is 0 Å². The predicted molar refractivity (Wildman–Crippen MR) is 366 cm³/mol. The molecular formula is C65H44N10O16S7. The van der Waals surface area contributed by atoms with Gasteiger partial charge in [0.2, 0.25) is 0 Å². The molecule has 0 bridgehead atoms. The highest BCUT2D eigenvalue weighted by atomic mass is 32.2. The van der Waals surface area contributed by atoms with Crippen LogP contribution < -0.4 is 14.8 Å². The van der Waals surface area contributed by atoms with Gasteiger partial charge in [-0.3, -0.25) is 27.7 Å². The first-order valence-corrected chi connectivity index (χ1v) is 37.8. The van der Waals surface area contributed by atoms with Crippen molar-refractivity contribution < 1.29 is 68.7 Å². The molecule has 26 nitrogen and oxygen atoms in total. The topological polar surface area (TPSA) is 432 Å². The number of nitrogens with one attached hydrogen (secondary N) is 3. The van der Waals surface area contributed by atoms with Gasteiger partial charge in [-0.05, 0) is 142 Å². The number of sulfonamides is 2. The van der Waals surface area contributed by atoms with Crippen LogP contribution in [0.1, 0.15) is 27.9 Å². The first-order valence-electron chi connectivity index (χ1n) is 28.2. The molecule has 33 heteroatoms.